The van der Waals surface area contributed by atoms with Crippen molar-refractivity contribution in [1.82, 2.24) is 5.32 Å². The van der Waals surface area contributed by atoms with Gasteiger partial charge in [-0.15, -0.1) is 0 Å². The lowest BCUT2D eigenvalue weighted by molar-refractivity contribution is -0.120. The number of nitrogens with one attached hydrogen (secondary N) is 2. The summed E-state index contributed by atoms with van der Waals surface area (Å²) in [7, 11) is 0. The number of amides is 3. The van der Waals surface area contributed by atoms with E-state index in [1.54, 1.807) is 6.92 Å². The summed E-state index contributed by atoms with van der Waals surface area (Å²) in [6, 6.07) is 2.54. The summed E-state index contributed by atoms with van der Waals surface area (Å²) in [6.07, 6.45) is 0. The van der Waals surface area contributed by atoms with Crippen molar-refractivity contribution in [1.29, 1.82) is 0 Å². The second-order valence-corrected chi connectivity index (χ2v) is 5.01. The number of primary amides is 1. The van der Waals surface area contributed by atoms with Crippen molar-refractivity contribution in [2.45, 2.75) is 26.8 Å². The van der Waals surface area contributed by atoms with E-state index in [2.05, 4.69) is 21.2 Å². The molecular formula is C12H16BrN3O2. The number of rotatable bonds is 3. The van der Waals surface area contributed by atoms with Crippen LogP contribution in [0.25, 0.3) is 0 Å². The predicted octanol–water partition coefficient (Wildman–Crippen LogP) is 2.06. The van der Waals surface area contributed by atoms with Gasteiger partial charge in [0, 0.05) is 4.47 Å². The molecule has 98 valence electrons. The van der Waals surface area contributed by atoms with Crippen LogP contribution < -0.4 is 16.4 Å². The van der Waals surface area contributed by atoms with E-state index in [1.165, 1.54) is 0 Å². The van der Waals surface area contributed by atoms with Gasteiger partial charge in [-0.3, -0.25) is 10.1 Å². The Kier molecular flexibility index (Phi) is 4.72. The molecule has 0 heterocycles. The van der Waals surface area contributed by atoms with Crippen LogP contribution in [0.3, 0.4) is 0 Å². The van der Waals surface area contributed by atoms with Crippen molar-refractivity contribution in [3.05, 3.63) is 27.7 Å². The smallest absolute Gasteiger partial charge is 0.318 e. The lowest BCUT2D eigenvalue weighted by atomic mass is 10.1. The molecule has 1 atom stereocenters. The molecular weight excluding hydrogens is 298 g/mol. The first kappa shape index (κ1) is 14.5. The van der Waals surface area contributed by atoms with Gasteiger partial charge in [0.15, 0.2) is 0 Å². The van der Waals surface area contributed by atoms with E-state index in [0.29, 0.717) is 0 Å². The third kappa shape index (κ3) is 3.73. The van der Waals surface area contributed by atoms with Gasteiger partial charge in [-0.05, 0) is 53.9 Å². The number of nitrogens with two attached hydrogens (primary N) is 1. The molecule has 18 heavy (non-hydrogen) atoms. The molecule has 6 heteroatoms. The van der Waals surface area contributed by atoms with Gasteiger partial charge >= 0.3 is 6.03 Å². The fourth-order valence-corrected chi connectivity index (χ4v) is 2.40. The summed E-state index contributed by atoms with van der Waals surface area (Å²) >= 11 is 3.44. The molecule has 0 aliphatic heterocycles. The van der Waals surface area contributed by atoms with Crippen LogP contribution >= 0.6 is 15.9 Å². The van der Waals surface area contributed by atoms with Crippen molar-refractivity contribution < 1.29 is 9.59 Å². The number of urea groups is 1. The molecule has 0 aliphatic rings. The van der Waals surface area contributed by atoms with Crippen molar-refractivity contribution >= 4 is 33.6 Å². The number of anilines is 1. The number of aryl methyl sites for hydroxylation is 2. The molecule has 1 aromatic carbocycles. The third-order valence-electron chi connectivity index (χ3n) is 2.43. The molecule has 0 spiro atoms. The highest BCUT2D eigenvalue weighted by Gasteiger charge is 2.16. The number of carbonyl (C=O) groups is 2. The number of hydrogen-bond acceptors (Lipinski definition) is 3. The second kappa shape index (κ2) is 5.86. The monoisotopic (exact) mass is 313 g/mol. The fraction of sp³-hybridized carbons (Fsp3) is 0.333. The first-order chi connectivity index (χ1) is 8.31. The summed E-state index contributed by atoms with van der Waals surface area (Å²) in [5.41, 5.74) is 7.86. The minimum Gasteiger partial charge on any atom is -0.373 e. The summed E-state index contributed by atoms with van der Waals surface area (Å²) in [5, 5.41) is 5.08. The van der Waals surface area contributed by atoms with Gasteiger partial charge in [-0.2, -0.15) is 0 Å². The lowest BCUT2D eigenvalue weighted by Crippen LogP contribution is -2.43. The predicted molar refractivity (Wildman–Crippen MR) is 74.4 cm³/mol. The number of benzene rings is 1. The maximum atomic E-state index is 11.6. The largest absolute Gasteiger partial charge is 0.373 e. The molecule has 1 unspecified atom stereocenters. The average molecular weight is 314 g/mol. The molecule has 4 N–H and O–H groups in total. The zero-order valence-corrected chi connectivity index (χ0v) is 12.1. The molecule has 0 radical (unpaired) electrons. The molecule has 3 amide bonds. The van der Waals surface area contributed by atoms with Crippen LogP contribution in [-0.4, -0.2) is 18.0 Å². The van der Waals surface area contributed by atoms with E-state index in [1.807, 2.05) is 31.3 Å². The quantitative estimate of drug-likeness (QED) is 0.798. The SMILES string of the molecule is Cc1cc(C)c(NC(C)C(=O)NC(N)=O)c(Br)c1. The van der Waals surface area contributed by atoms with Crippen LogP contribution in [0.2, 0.25) is 0 Å². The maximum absolute atomic E-state index is 11.6. The molecule has 1 aromatic rings. The zero-order valence-electron chi connectivity index (χ0n) is 10.5. The molecule has 0 saturated heterocycles. The molecule has 0 fully saturated rings. The second-order valence-electron chi connectivity index (χ2n) is 4.16. The maximum Gasteiger partial charge on any atom is 0.318 e. The van der Waals surface area contributed by atoms with Crippen LogP contribution in [0.4, 0.5) is 10.5 Å². The van der Waals surface area contributed by atoms with E-state index < -0.39 is 18.0 Å². The highest BCUT2D eigenvalue weighted by molar-refractivity contribution is 9.10. The molecule has 1 rings (SSSR count). The lowest BCUT2D eigenvalue weighted by Gasteiger charge is -2.17. The van der Waals surface area contributed by atoms with Gasteiger partial charge in [0.05, 0.1) is 5.69 Å². The number of carbonyl (C=O) groups excluding carboxylic acids is 2. The molecule has 0 saturated carbocycles. The van der Waals surface area contributed by atoms with Crippen LogP contribution in [0, 0.1) is 13.8 Å². The van der Waals surface area contributed by atoms with Gasteiger partial charge in [-0.1, -0.05) is 6.07 Å². The first-order valence-corrected chi connectivity index (χ1v) is 6.24. The Hall–Kier alpha value is -1.56. The number of halogens is 1. The van der Waals surface area contributed by atoms with Crippen LogP contribution in [0.5, 0.6) is 0 Å². The summed E-state index contributed by atoms with van der Waals surface area (Å²) in [5.74, 6) is -0.464. The Balaban J connectivity index is 2.85. The Morgan fingerprint density at radius 2 is 1.94 bits per heavy atom. The molecule has 5 nitrogen and oxygen atoms in total. The zero-order chi connectivity index (χ0) is 13.9. The van der Waals surface area contributed by atoms with Gasteiger partial charge in [-0.25, -0.2) is 4.79 Å². The van der Waals surface area contributed by atoms with Crippen molar-refractivity contribution in [3.63, 3.8) is 0 Å². The number of imide groups is 1. The number of hydrogen-bond donors (Lipinski definition) is 3. The van der Waals surface area contributed by atoms with E-state index in [-0.39, 0.29) is 0 Å². The minimum atomic E-state index is -0.853. The highest BCUT2D eigenvalue weighted by Crippen LogP contribution is 2.28. The standard InChI is InChI=1S/C12H16BrN3O2/c1-6-4-7(2)10(9(13)5-6)15-8(3)11(17)16-12(14)18/h4-5,8,15H,1-3H3,(H3,14,16,17,18). The van der Waals surface area contributed by atoms with E-state index in [4.69, 9.17) is 5.73 Å². The van der Waals surface area contributed by atoms with E-state index in [9.17, 15) is 9.59 Å². The van der Waals surface area contributed by atoms with Gasteiger partial charge in [0.25, 0.3) is 0 Å². The summed E-state index contributed by atoms with van der Waals surface area (Å²) in [6.45, 7) is 5.59. The summed E-state index contributed by atoms with van der Waals surface area (Å²) in [4.78, 5) is 22.2. The molecule has 0 bridgehead atoms. The van der Waals surface area contributed by atoms with Crippen LogP contribution in [-0.2, 0) is 4.79 Å². The van der Waals surface area contributed by atoms with E-state index >= 15 is 0 Å². The van der Waals surface area contributed by atoms with Crippen molar-refractivity contribution in [2.75, 3.05) is 5.32 Å². The fourth-order valence-electron chi connectivity index (χ4n) is 1.61. The Bertz CT molecular complexity index is 465. The highest BCUT2D eigenvalue weighted by atomic mass is 79.9. The Labute approximate surface area is 114 Å². The Morgan fingerprint density at radius 3 is 2.44 bits per heavy atom. The van der Waals surface area contributed by atoms with Crippen molar-refractivity contribution in [3.8, 4) is 0 Å². The third-order valence-corrected chi connectivity index (χ3v) is 3.06. The minimum absolute atomic E-state index is 0.464. The van der Waals surface area contributed by atoms with Crippen LogP contribution in [0.15, 0.2) is 16.6 Å². The van der Waals surface area contributed by atoms with Gasteiger partial charge < -0.3 is 11.1 Å². The van der Waals surface area contributed by atoms with Crippen molar-refractivity contribution in [2.24, 2.45) is 5.73 Å². The summed E-state index contributed by atoms with van der Waals surface area (Å²) < 4.78 is 0.874. The average Bonchev–Trinajstić information content (AvgIpc) is 2.21. The van der Waals surface area contributed by atoms with Gasteiger partial charge in [0.1, 0.15) is 6.04 Å². The molecule has 0 aliphatic carbocycles. The Morgan fingerprint density at radius 1 is 1.33 bits per heavy atom. The topological polar surface area (TPSA) is 84.2 Å². The van der Waals surface area contributed by atoms with E-state index in [0.717, 1.165) is 21.3 Å². The normalized spacial score (nSPS) is 11.8. The molecule has 0 aromatic heterocycles. The first-order valence-electron chi connectivity index (χ1n) is 5.45. The van der Waals surface area contributed by atoms with Crippen LogP contribution in [0.1, 0.15) is 18.1 Å². The van der Waals surface area contributed by atoms with Gasteiger partial charge in [0.2, 0.25) is 5.91 Å².